The Hall–Kier alpha value is -2.25. The second-order valence-electron chi connectivity index (χ2n) is 6.00. The Kier molecular flexibility index (Phi) is 7.10. The molecular formula is C19H19ClFNO4S. The Labute approximate surface area is 165 Å². The van der Waals surface area contributed by atoms with Crippen molar-refractivity contribution in [3.8, 4) is 0 Å². The molecule has 1 N–H and O–H groups in total. The van der Waals surface area contributed by atoms with Crippen LogP contribution in [-0.4, -0.2) is 23.8 Å². The number of aryl methyl sites for hydroxylation is 2. The zero-order valence-electron chi connectivity index (χ0n) is 15.1. The molecule has 0 spiro atoms. The molecule has 0 saturated heterocycles. The average Bonchev–Trinajstić information content (AvgIpc) is 2.93. The fourth-order valence-corrected chi connectivity index (χ4v) is 3.55. The minimum absolute atomic E-state index is 0.00791. The van der Waals surface area contributed by atoms with Gasteiger partial charge < -0.3 is 10.1 Å². The van der Waals surface area contributed by atoms with Crippen molar-refractivity contribution in [1.82, 2.24) is 0 Å². The zero-order valence-corrected chi connectivity index (χ0v) is 16.7. The summed E-state index contributed by atoms with van der Waals surface area (Å²) in [5.41, 5.74) is 0.825. The van der Waals surface area contributed by atoms with Crippen LogP contribution in [-0.2, 0) is 14.3 Å². The van der Waals surface area contributed by atoms with Gasteiger partial charge in [-0.15, -0.1) is 11.3 Å². The van der Waals surface area contributed by atoms with Crippen LogP contribution in [0.25, 0.3) is 0 Å². The average molecular weight is 412 g/mol. The lowest BCUT2D eigenvalue weighted by Gasteiger charge is -2.14. The molecule has 27 heavy (non-hydrogen) atoms. The van der Waals surface area contributed by atoms with E-state index >= 15 is 0 Å². The Morgan fingerprint density at radius 2 is 1.93 bits per heavy atom. The number of hydrogen-bond donors (Lipinski definition) is 1. The van der Waals surface area contributed by atoms with Crippen molar-refractivity contribution < 1.29 is 23.5 Å². The SMILES string of the molecule is Cc1cc(C(=O)CCC(=O)O[C@@H](C)C(=O)Nc2ccc(F)cc2Cl)c(C)s1. The molecule has 5 nitrogen and oxygen atoms in total. The number of amides is 1. The van der Waals surface area contributed by atoms with Gasteiger partial charge in [-0.05, 0) is 45.0 Å². The van der Waals surface area contributed by atoms with Gasteiger partial charge in [0.15, 0.2) is 11.9 Å². The molecule has 0 aliphatic rings. The first-order chi connectivity index (χ1) is 12.7. The van der Waals surface area contributed by atoms with Gasteiger partial charge in [0.25, 0.3) is 5.91 Å². The number of benzene rings is 1. The van der Waals surface area contributed by atoms with Crippen molar-refractivity contribution in [2.75, 3.05) is 5.32 Å². The Bertz CT molecular complexity index is 881. The second kappa shape index (κ2) is 9.10. The van der Waals surface area contributed by atoms with Gasteiger partial charge in [0.1, 0.15) is 5.82 Å². The number of ketones is 1. The molecule has 0 fully saturated rings. The predicted molar refractivity (Wildman–Crippen MR) is 103 cm³/mol. The predicted octanol–water partition coefficient (Wildman–Crippen LogP) is 4.69. The van der Waals surface area contributed by atoms with E-state index in [1.165, 1.54) is 24.3 Å². The second-order valence-corrected chi connectivity index (χ2v) is 7.86. The molecule has 0 bridgehead atoms. The maximum Gasteiger partial charge on any atom is 0.307 e. The molecule has 144 valence electrons. The minimum Gasteiger partial charge on any atom is -0.453 e. The van der Waals surface area contributed by atoms with Gasteiger partial charge >= 0.3 is 5.97 Å². The van der Waals surface area contributed by atoms with E-state index in [9.17, 15) is 18.8 Å². The molecule has 2 rings (SSSR count). The van der Waals surface area contributed by atoms with Gasteiger partial charge in [-0.3, -0.25) is 14.4 Å². The normalized spacial score (nSPS) is 11.7. The van der Waals surface area contributed by atoms with E-state index in [2.05, 4.69) is 5.32 Å². The maximum absolute atomic E-state index is 13.0. The molecule has 1 heterocycles. The fourth-order valence-electron chi connectivity index (χ4n) is 2.39. The third-order valence-electron chi connectivity index (χ3n) is 3.76. The van der Waals surface area contributed by atoms with Gasteiger partial charge in [-0.25, -0.2) is 4.39 Å². The summed E-state index contributed by atoms with van der Waals surface area (Å²) in [6.45, 7) is 5.17. The lowest BCUT2D eigenvalue weighted by atomic mass is 10.1. The highest BCUT2D eigenvalue weighted by Gasteiger charge is 2.20. The number of ether oxygens (including phenoxy) is 1. The molecule has 1 atom stereocenters. The van der Waals surface area contributed by atoms with Crippen molar-refractivity contribution in [3.05, 3.63) is 50.4 Å². The molecule has 1 amide bonds. The number of thiophene rings is 1. The zero-order chi connectivity index (χ0) is 20.1. The highest BCUT2D eigenvalue weighted by molar-refractivity contribution is 7.12. The number of carbonyl (C=O) groups excluding carboxylic acids is 3. The van der Waals surface area contributed by atoms with Crippen LogP contribution in [0, 0.1) is 19.7 Å². The summed E-state index contributed by atoms with van der Waals surface area (Å²) in [6, 6.07) is 5.33. The summed E-state index contributed by atoms with van der Waals surface area (Å²) >= 11 is 7.37. The van der Waals surface area contributed by atoms with E-state index in [-0.39, 0.29) is 29.3 Å². The van der Waals surface area contributed by atoms with Crippen molar-refractivity contribution in [3.63, 3.8) is 0 Å². The first kappa shape index (κ1) is 21.1. The number of hydrogen-bond acceptors (Lipinski definition) is 5. The van der Waals surface area contributed by atoms with E-state index in [0.717, 1.165) is 21.9 Å². The number of halogens is 2. The Morgan fingerprint density at radius 3 is 2.52 bits per heavy atom. The largest absolute Gasteiger partial charge is 0.453 e. The minimum atomic E-state index is -1.08. The van der Waals surface area contributed by atoms with Crippen LogP contribution < -0.4 is 5.32 Å². The first-order valence-corrected chi connectivity index (χ1v) is 9.42. The van der Waals surface area contributed by atoms with Crippen molar-refractivity contribution in [2.24, 2.45) is 0 Å². The van der Waals surface area contributed by atoms with Gasteiger partial charge in [-0.2, -0.15) is 0 Å². The van der Waals surface area contributed by atoms with E-state index < -0.39 is 23.8 Å². The maximum atomic E-state index is 13.0. The van der Waals surface area contributed by atoms with Gasteiger partial charge in [-0.1, -0.05) is 11.6 Å². The van der Waals surface area contributed by atoms with Crippen LogP contribution in [0.5, 0.6) is 0 Å². The lowest BCUT2D eigenvalue weighted by molar-refractivity contribution is -0.153. The number of carbonyl (C=O) groups is 3. The molecule has 0 radical (unpaired) electrons. The van der Waals surface area contributed by atoms with Crippen molar-refractivity contribution >= 4 is 46.3 Å². The number of nitrogens with one attached hydrogen (secondary N) is 1. The van der Waals surface area contributed by atoms with E-state index in [0.29, 0.717) is 5.56 Å². The third kappa shape index (κ3) is 5.87. The first-order valence-electron chi connectivity index (χ1n) is 8.23. The highest BCUT2D eigenvalue weighted by atomic mass is 35.5. The quantitative estimate of drug-likeness (QED) is 0.530. The van der Waals surface area contributed by atoms with Crippen LogP contribution in [0.2, 0.25) is 5.02 Å². The van der Waals surface area contributed by atoms with Crippen LogP contribution in [0.3, 0.4) is 0 Å². The van der Waals surface area contributed by atoms with Gasteiger partial charge in [0.05, 0.1) is 17.1 Å². The summed E-state index contributed by atoms with van der Waals surface area (Å²) in [6.07, 6.45) is -1.20. The molecule has 0 unspecified atom stereocenters. The summed E-state index contributed by atoms with van der Waals surface area (Å²) in [5.74, 6) is -1.92. The summed E-state index contributed by atoms with van der Waals surface area (Å²) < 4.78 is 18.1. The Morgan fingerprint density at radius 1 is 1.22 bits per heavy atom. The van der Waals surface area contributed by atoms with E-state index in [4.69, 9.17) is 16.3 Å². The van der Waals surface area contributed by atoms with Crippen LogP contribution in [0.4, 0.5) is 10.1 Å². The topological polar surface area (TPSA) is 72.5 Å². The molecule has 1 aromatic carbocycles. The molecule has 0 aliphatic carbocycles. The highest BCUT2D eigenvalue weighted by Crippen LogP contribution is 2.23. The molecule has 2 aromatic rings. The summed E-state index contributed by atoms with van der Waals surface area (Å²) in [5, 5.41) is 2.50. The van der Waals surface area contributed by atoms with Crippen LogP contribution in [0.15, 0.2) is 24.3 Å². The monoisotopic (exact) mass is 411 g/mol. The fraction of sp³-hybridized carbons (Fsp3) is 0.316. The van der Waals surface area contributed by atoms with Gasteiger partial charge in [0.2, 0.25) is 0 Å². The van der Waals surface area contributed by atoms with Crippen LogP contribution >= 0.6 is 22.9 Å². The smallest absolute Gasteiger partial charge is 0.307 e. The van der Waals surface area contributed by atoms with Gasteiger partial charge in [0, 0.05) is 21.7 Å². The molecular weight excluding hydrogens is 393 g/mol. The number of esters is 1. The lowest BCUT2D eigenvalue weighted by Crippen LogP contribution is -2.30. The van der Waals surface area contributed by atoms with Crippen molar-refractivity contribution in [1.29, 1.82) is 0 Å². The van der Waals surface area contributed by atoms with Crippen molar-refractivity contribution in [2.45, 2.75) is 39.7 Å². The standard InChI is InChI=1S/C19H19ClFNO4S/c1-10-8-14(12(3)27-10)17(23)6-7-18(24)26-11(2)19(25)22-16-5-4-13(21)9-15(16)20/h4-5,8-9,11H,6-7H2,1-3H3,(H,22,25)/t11-/m0/s1. The summed E-state index contributed by atoms with van der Waals surface area (Å²) in [7, 11) is 0. The molecule has 0 aliphatic heterocycles. The number of rotatable bonds is 7. The van der Waals surface area contributed by atoms with E-state index in [1.807, 2.05) is 13.8 Å². The number of Topliss-reactive ketones (excluding diaryl/α,β-unsaturated/α-hetero) is 1. The van der Waals surface area contributed by atoms with E-state index in [1.54, 1.807) is 6.07 Å². The molecule has 1 aromatic heterocycles. The molecule has 8 heteroatoms. The summed E-state index contributed by atoms with van der Waals surface area (Å²) in [4.78, 5) is 38.1. The van der Waals surface area contributed by atoms with Crippen LogP contribution in [0.1, 0.15) is 39.9 Å². The third-order valence-corrected chi connectivity index (χ3v) is 5.04. The number of anilines is 1. The molecule has 0 saturated carbocycles. The Balaban J connectivity index is 1.84.